The van der Waals surface area contributed by atoms with Gasteiger partial charge in [-0.05, 0) is 48.4 Å². The van der Waals surface area contributed by atoms with Gasteiger partial charge in [-0.1, -0.05) is 59.6 Å². The van der Waals surface area contributed by atoms with Crippen molar-refractivity contribution in [3.8, 4) is 6.07 Å². The van der Waals surface area contributed by atoms with Crippen molar-refractivity contribution in [2.24, 2.45) is 0 Å². The van der Waals surface area contributed by atoms with Crippen LogP contribution in [0.1, 0.15) is 22.3 Å². The quantitative estimate of drug-likeness (QED) is 0.344. The maximum atomic E-state index is 13.2. The van der Waals surface area contributed by atoms with Crippen molar-refractivity contribution >= 4 is 34.2 Å². The number of aryl methyl sites for hydroxylation is 1. The molecule has 4 aromatic rings. The highest BCUT2D eigenvalue weighted by atomic mass is 35.5. The molecular formula is C25H18ClFN2. The minimum atomic E-state index is -0.255. The van der Waals surface area contributed by atoms with Crippen molar-refractivity contribution in [3.05, 3.63) is 106 Å². The highest BCUT2D eigenvalue weighted by Crippen LogP contribution is 2.32. The number of allylic oxidation sites excluding steroid dienone is 1. The number of hydrogen-bond donors (Lipinski definition) is 0. The first-order valence-electron chi connectivity index (χ1n) is 9.26. The molecule has 0 fully saturated rings. The lowest BCUT2D eigenvalue weighted by atomic mass is 10.0. The van der Waals surface area contributed by atoms with Crippen LogP contribution in [-0.2, 0) is 6.54 Å². The SMILES string of the molecule is Cc1ccc(/C(C#N)=C/c2cn(Cc3ccc(F)cc3)c3cccc(Cl)c23)cc1. The van der Waals surface area contributed by atoms with Gasteiger partial charge in [-0.15, -0.1) is 0 Å². The molecule has 0 bridgehead atoms. The molecular weight excluding hydrogens is 383 g/mol. The first kappa shape index (κ1) is 19.0. The summed E-state index contributed by atoms with van der Waals surface area (Å²) < 4.78 is 15.3. The van der Waals surface area contributed by atoms with Gasteiger partial charge in [0.15, 0.2) is 0 Å². The number of aromatic nitrogens is 1. The van der Waals surface area contributed by atoms with Crippen molar-refractivity contribution < 1.29 is 4.39 Å². The van der Waals surface area contributed by atoms with Gasteiger partial charge in [0.1, 0.15) is 5.82 Å². The van der Waals surface area contributed by atoms with Crippen molar-refractivity contribution in [1.82, 2.24) is 4.57 Å². The van der Waals surface area contributed by atoms with E-state index in [-0.39, 0.29) is 5.82 Å². The topological polar surface area (TPSA) is 28.7 Å². The van der Waals surface area contributed by atoms with Crippen LogP contribution in [0.2, 0.25) is 5.02 Å². The van der Waals surface area contributed by atoms with E-state index in [0.29, 0.717) is 17.1 Å². The van der Waals surface area contributed by atoms with Gasteiger partial charge >= 0.3 is 0 Å². The molecule has 0 spiro atoms. The van der Waals surface area contributed by atoms with Crippen LogP contribution in [0, 0.1) is 24.1 Å². The Hall–Kier alpha value is -3.35. The number of hydrogen-bond acceptors (Lipinski definition) is 1. The van der Waals surface area contributed by atoms with Gasteiger partial charge in [-0.25, -0.2) is 4.39 Å². The summed E-state index contributed by atoms with van der Waals surface area (Å²) in [5.41, 5.74) is 5.41. The fourth-order valence-corrected chi connectivity index (χ4v) is 3.71. The lowest BCUT2D eigenvalue weighted by molar-refractivity contribution is 0.626. The normalized spacial score (nSPS) is 11.6. The van der Waals surface area contributed by atoms with E-state index in [1.54, 1.807) is 12.1 Å². The van der Waals surface area contributed by atoms with E-state index in [2.05, 4.69) is 10.6 Å². The standard InChI is InChI=1S/C25H18ClFN2/c1-17-5-9-19(10-6-17)20(14-28)13-21-16-29(15-18-7-11-22(27)12-8-18)24-4-2-3-23(26)25(21)24/h2-13,16H,15H2,1H3/b20-13+. The summed E-state index contributed by atoms with van der Waals surface area (Å²) in [6.45, 7) is 2.60. The minimum Gasteiger partial charge on any atom is -0.342 e. The van der Waals surface area contributed by atoms with Crippen LogP contribution in [0.4, 0.5) is 4.39 Å². The Kier molecular flexibility index (Phi) is 5.20. The summed E-state index contributed by atoms with van der Waals surface area (Å²) in [6, 6.07) is 22.4. The zero-order valence-corrected chi connectivity index (χ0v) is 16.6. The first-order valence-corrected chi connectivity index (χ1v) is 9.63. The Labute approximate surface area is 174 Å². The van der Waals surface area contributed by atoms with Crippen molar-refractivity contribution in [3.63, 3.8) is 0 Å². The van der Waals surface area contributed by atoms with Crippen LogP contribution >= 0.6 is 11.6 Å². The van der Waals surface area contributed by atoms with Crippen molar-refractivity contribution in [2.75, 3.05) is 0 Å². The van der Waals surface area contributed by atoms with Crippen LogP contribution < -0.4 is 0 Å². The Balaban J connectivity index is 1.83. The van der Waals surface area contributed by atoms with Crippen LogP contribution in [0.3, 0.4) is 0 Å². The Morgan fingerprint density at radius 3 is 2.48 bits per heavy atom. The summed E-state index contributed by atoms with van der Waals surface area (Å²) in [4.78, 5) is 0. The second-order valence-electron chi connectivity index (χ2n) is 7.01. The van der Waals surface area contributed by atoms with E-state index in [9.17, 15) is 9.65 Å². The number of halogens is 2. The molecule has 1 aromatic heterocycles. The van der Waals surface area contributed by atoms with E-state index in [1.807, 2.05) is 61.7 Å². The summed E-state index contributed by atoms with van der Waals surface area (Å²) in [7, 11) is 0. The third-order valence-corrected chi connectivity index (χ3v) is 5.25. The van der Waals surface area contributed by atoms with Crippen LogP contribution in [-0.4, -0.2) is 4.57 Å². The monoisotopic (exact) mass is 400 g/mol. The molecule has 0 atom stereocenters. The molecule has 0 N–H and O–H groups in total. The molecule has 0 aliphatic carbocycles. The largest absolute Gasteiger partial charge is 0.342 e. The highest BCUT2D eigenvalue weighted by Gasteiger charge is 2.12. The van der Waals surface area contributed by atoms with Gasteiger partial charge in [0.05, 0.1) is 22.2 Å². The molecule has 1 heterocycles. The molecule has 4 rings (SSSR count). The predicted molar refractivity (Wildman–Crippen MR) is 117 cm³/mol. The van der Waals surface area contributed by atoms with Crippen molar-refractivity contribution in [1.29, 1.82) is 5.26 Å². The summed E-state index contributed by atoms with van der Waals surface area (Å²) in [5, 5.41) is 11.3. The van der Waals surface area contributed by atoms with Gasteiger partial charge in [0.2, 0.25) is 0 Å². The Morgan fingerprint density at radius 2 is 1.79 bits per heavy atom. The van der Waals surface area contributed by atoms with E-state index in [1.165, 1.54) is 12.1 Å². The Morgan fingerprint density at radius 1 is 1.07 bits per heavy atom. The zero-order chi connectivity index (χ0) is 20.4. The Bertz CT molecular complexity index is 1240. The smallest absolute Gasteiger partial charge is 0.123 e. The fourth-order valence-electron chi connectivity index (χ4n) is 3.44. The molecule has 2 nitrogen and oxygen atoms in total. The number of rotatable bonds is 4. The average Bonchev–Trinajstić information content (AvgIpc) is 3.07. The number of fused-ring (bicyclic) bond motifs is 1. The second kappa shape index (κ2) is 7.95. The lowest BCUT2D eigenvalue weighted by Gasteiger charge is -2.06. The number of benzene rings is 3. The molecule has 0 saturated heterocycles. The van der Waals surface area contributed by atoms with E-state index >= 15 is 0 Å². The molecule has 29 heavy (non-hydrogen) atoms. The predicted octanol–water partition coefficient (Wildman–Crippen LogP) is 6.85. The van der Waals surface area contributed by atoms with Gasteiger partial charge in [0.25, 0.3) is 0 Å². The molecule has 0 saturated carbocycles. The van der Waals surface area contributed by atoms with Gasteiger partial charge in [-0.3, -0.25) is 0 Å². The maximum absolute atomic E-state index is 13.2. The molecule has 142 valence electrons. The molecule has 0 unspecified atom stereocenters. The minimum absolute atomic E-state index is 0.255. The molecule has 0 amide bonds. The summed E-state index contributed by atoms with van der Waals surface area (Å²) in [6.07, 6.45) is 3.87. The molecule has 4 heteroatoms. The van der Waals surface area contributed by atoms with E-state index in [4.69, 9.17) is 11.6 Å². The van der Waals surface area contributed by atoms with Crippen molar-refractivity contribution in [2.45, 2.75) is 13.5 Å². The summed E-state index contributed by atoms with van der Waals surface area (Å²) in [5.74, 6) is -0.255. The third-order valence-electron chi connectivity index (χ3n) is 4.93. The first-order chi connectivity index (χ1) is 14.0. The highest BCUT2D eigenvalue weighted by molar-refractivity contribution is 6.36. The molecule has 0 aliphatic heterocycles. The third kappa shape index (κ3) is 3.94. The van der Waals surface area contributed by atoms with E-state index in [0.717, 1.165) is 33.2 Å². The molecule has 3 aromatic carbocycles. The molecule has 0 radical (unpaired) electrons. The fraction of sp³-hybridized carbons (Fsp3) is 0.0800. The zero-order valence-electron chi connectivity index (χ0n) is 15.9. The van der Waals surface area contributed by atoms with Gasteiger partial charge in [0, 0.05) is 23.7 Å². The van der Waals surface area contributed by atoms with E-state index < -0.39 is 0 Å². The lowest BCUT2D eigenvalue weighted by Crippen LogP contribution is -1.97. The molecule has 0 aliphatic rings. The second-order valence-corrected chi connectivity index (χ2v) is 7.42. The van der Waals surface area contributed by atoms with Gasteiger partial charge < -0.3 is 4.57 Å². The van der Waals surface area contributed by atoms with Crippen LogP contribution in [0.25, 0.3) is 22.6 Å². The number of nitrogens with zero attached hydrogens (tertiary/aromatic N) is 2. The van der Waals surface area contributed by atoms with Crippen LogP contribution in [0.15, 0.2) is 72.9 Å². The van der Waals surface area contributed by atoms with Gasteiger partial charge in [-0.2, -0.15) is 5.26 Å². The average molecular weight is 401 g/mol. The summed E-state index contributed by atoms with van der Waals surface area (Å²) >= 11 is 6.52. The van der Waals surface area contributed by atoms with Crippen LogP contribution in [0.5, 0.6) is 0 Å². The maximum Gasteiger partial charge on any atom is 0.123 e. The number of nitriles is 1.